The fraction of sp³-hybridized carbons (Fsp3) is 0.118. The second-order valence-electron chi connectivity index (χ2n) is 5.29. The van der Waals surface area contributed by atoms with Crippen LogP contribution < -0.4 is 5.32 Å². The molecule has 3 aromatic rings. The maximum Gasteiger partial charge on any atom is 0.237 e. The number of nitriles is 1. The molecule has 26 heavy (non-hydrogen) atoms. The van der Waals surface area contributed by atoms with E-state index in [1.165, 1.54) is 16.4 Å². The van der Waals surface area contributed by atoms with E-state index in [9.17, 15) is 4.79 Å². The molecule has 0 aliphatic heterocycles. The van der Waals surface area contributed by atoms with Crippen molar-refractivity contribution in [3.8, 4) is 11.8 Å². The predicted octanol–water partition coefficient (Wildman–Crippen LogP) is 3.31. The van der Waals surface area contributed by atoms with Gasteiger partial charge in [-0.15, -0.1) is 5.10 Å². The van der Waals surface area contributed by atoms with Crippen LogP contribution in [0.4, 0.5) is 5.69 Å². The molecule has 0 fully saturated rings. The Balaban J connectivity index is 1.70. The van der Waals surface area contributed by atoms with Crippen molar-refractivity contribution in [2.24, 2.45) is 0 Å². The van der Waals surface area contributed by atoms with Crippen LogP contribution in [0.2, 0.25) is 5.02 Å². The number of tetrazole rings is 1. The third kappa shape index (κ3) is 4.20. The first-order valence-corrected chi connectivity index (χ1v) is 8.84. The van der Waals surface area contributed by atoms with Crippen LogP contribution in [-0.4, -0.2) is 31.4 Å². The lowest BCUT2D eigenvalue weighted by molar-refractivity contribution is -0.115. The Labute approximate surface area is 159 Å². The topological polar surface area (TPSA) is 96.5 Å². The molecule has 1 N–H and O–H groups in total. The van der Waals surface area contributed by atoms with Crippen molar-refractivity contribution in [1.82, 2.24) is 20.2 Å². The molecule has 0 unspecified atom stereocenters. The maximum atomic E-state index is 12.4. The van der Waals surface area contributed by atoms with Crippen molar-refractivity contribution in [3.63, 3.8) is 0 Å². The molecule has 3 rings (SSSR count). The van der Waals surface area contributed by atoms with Crippen LogP contribution in [-0.2, 0) is 4.79 Å². The molecule has 1 atom stereocenters. The van der Waals surface area contributed by atoms with Crippen molar-refractivity contribution in [3.05, 3.63) is 59.1 Å². The summed E-state index contributed by atoms with van der Waals surface area (Å²) in [5.41, 5.74) is 1.87. The average Bonchev–Trinajstić information content (AvgIpc) is 3.10. The standard InChI is InChI=1S/C17H13ClN6OS/c1-11(16(25)20-14-7-5-12(10-19)6-8-14)26-17-21-22-23-24(17)15-4-2-3-13(18)9-15/h2-9,11H,1H3,(H,20,25)/t11-/m0/s1. The molecule has 0 bridgehead atoms. The van der Waals surface area contributed by atoms with E-state index in [0.717, 1.165) is 0 Å². The van der Waals surface area contributed by atoms with Gasteiger partial charge in [-0.25, -0.2) is 0 Å². The number of anilines is 1. The fourth-order valence-electron chi connectivity index (χ4n) is 2.11. The van der Waals surface area contributed by atoms with E-state index < -0.39 is 5.25 Å². The third-order valence-corrected chi connectivity index (χ3v) is 4.69. The highest BCUT2D eigenvalue weighted by Crippen LogP contribution is 2.25. The first kappa shape index (κ1) is 17.9. The van der Waals surface area contributed by atoms with Gasteiger partial charge in [0.1, 0.15) is 0 Å². The minimum Gasteiger partial charge on any atom is -0.325 e. The Morgan fingerprint density at radius 2 is 2.08 bits per heavy atom. The molecule has 0 aliphatic carbocycles. The highest BCUT2D eigenvalue weighted by atomic mass is 35.5. The van der Waals surface area contributed by atoms with Gasteiger partial charge in [0.15, 0.2) is 0 Å². The summed E-state index contributed by atoms with van der Waals surface area (Å²) in [7, 11) is 0. The van der Waals surface area contributed by atoms with Crippen LogP contribution in [0.25, 0.3) is 5.69 Å². The number of nitrogens with one attached hydrogen (secondary N) is 1. The number of hydrogen-bond donors (Lipinski definition) is 1. The van der Waals surface area contributed by atoms with E-state index in [-0.39, 0.29) is 5.91 Å². The summed E-state index contributed by atoms with van der Waals surface area (Å²) in [4.78, 5) is 12.4. The van der Waals surface area contributed by atoms with Crippen LogP contribution in [0.5, 0.6) is 0 Å². The van der Waals surface area contributed by atoms with Gasteiger partial charge in [-0.1, -0.05) is 29.4 Å². The lowest BCUT2D eigenvalue weighted by atomic mass is 10.2. The average molecular weight is 385 g/mol. The van der Waals surface area contributed by atoms with E-state index >= 15 is 0 Å². The maximum absolute atomic E-state index is 12.4. The summed E-state index contributed by atoms with van der Waals surface area (Å²) < 4.78 is 1.53. The second kappa shape index (κ2) is 7.99. The lowest BCUT2D eigenvalue weighted by Gasteiger charge is -2.12. The fourth-order valence-corrected chi connectivity index (χ4v) is 3.10. The van der Waals surface area contributed by atoms with E-state index in [1.807, 2.05) is 12.1 Å². The molecule has 1 amide bonds. The molecule has 0 radical (unpaired) electrons. The molecule has 2 aromatic carbocycles. The zero-order valence-electron chi connectivity index (χ0n) is 13.6. The number of thioether (sulfide) groups is 1. The molecular weight excluding hydrogens is 372 g/mol. The number of hydrogen-bond acceptors (Lipinski definition) is 6. The Morgan fingerprint density at radius 1 is 1.31 bits per heavy atom. The monoisotopic (exact) mass is 384 g/mol. The highest BCUT2D eigenvalue weighted by molar-refractivity contribution is 8.00. The van der Waals surface area contributed by atoms with Crippen molar-refractivity contribution in [2.75, 3.05) is 5.32 Å². The zero-order valence-corrected chi connectivity index (χ0v) is 15.2. The van der Waals surface area contributed by atoms with Gasteiger partial charge in [0.25, 0.3) is 0 Å². The van der Waals surface area contributed by atoms with Crippen molar-refractivity contribution in [1.29, 1.82) is 5.26 Å². The van der Waals surface area contributed by atoms with Gasteiger partial charge in [0, 0.05) is 10.7 Å². The molecule has 0 aliphatic rings. The van der Waals surface area contributed by atoms with Crippen molar-refractivity contribution in [2.45, 2.75) is 17.3 Å². The normalized spacial score (nSPS) is 11.6. The Morgan fingerprint density at radius 3 is 2.77 bits per heavy atom. The summed E-state index contributed by atoms with van der Waals surface area (Å²) >= 11 is 7.24. The van der Waals surface area contributed by atoms with E-state index in [0.29, 0.717) is 27.1 Å². The molecule has 1 aromatic heterocycles. The van der Waals surface area contributed by atoms with Gasteiger partial charge in [0.2, 0.25) is 11.1 Å². The van der Waals surface area contributed by atoms with E-state index in [1.54, 1.807) is 49.4 Å². The Hall–Kier alpha value is -2.89. The van der Waals surface area contributed by atoms with E-state index in [4.69, 9.17) is 16.9 Å². The largest absolute Gasteiger partial charge is 0.325 e. The van der Waals surface area contributed by atoms with Crippen LogP contribution >= 0.6 is 23.4 Å². The number of benzene rings is 2. The van der Waals surface area contributed by atoms with Crippen LogP contribution in [0, 0.1) is 11.3 Å². The number of nitrogens with zero attached hydrogens (tertiary/aromatic N) is 5. The molecule has 130 valence electrons. The number of halogens is 1. The van der Waals surface area contributed by atoms with Gasteiger partial charge in [-0.3, -0.25) is 4.79 Å². The number of carbonyl (C=O) groups is 1. The van der Waals surface area contributed by atoms with Gasteiger partial charge >= 0.3 is 0 Å². The number of aromatic nitrogens is 4. The van der Waals surface area contributed by atoms with Crippen LogP contribution in [0.3, 0.4) is 0 Å². The third-order valence-electron chi connectivity index (χ3n) is 3.43. The predicted molar refractivity (Wildman–Crippen MR) is 99.3 cm³/mol. The quantitative estimate of drug-likeness (QED) is 0.678. The molecule has 0 spiro atoms. The van der Waals surface area contributed by atoms with Gasteiger partial charge < -0.3 is 5.32 Å². The molecule has 9 heteroatoms. The van der Waals surface area contributed by atoms with Gasteiger partial charge in [-0.2, -0.15) is 9.94 Å². The summed E-state index contributed by atoms with van der Waals surface area (Å²) in [5.74, 6) is -0.194. The van der Waals surface area contributed by atoms with Crippen LogP contribution in [0.1, 0.15) is 12.5 Å². The summed E-state index contributed by atoms with van der Waals surface area (Å²) in [6.07, 6.45) is 0. The molecular formula is C17H13ClN6OS. The minimum atomic E-state index is -0.436. The van der Waals surface area contributed by atoms with Crippen molar-refractivity contribution >= 4 is 35.0 Å². The van der Waals surface area contributed by atoms with Gasteiger partial charge in [0.05, 0.1) is 22.6 Å². The lowest BCUT2D eigenvalue weighted by Crippen LogP contribution is -2.22. The van der Waals surface area contributed by atoms with Gasteiger partial charge in [-0.05, 0) is 59.8 Å². The SMILES string of the molecule is C[C@H](Sc1nnnn1-c1cccc(Cl)c1)C(=O)Nc1ccc(C#N)cc1. The number of amides is 1. The molecule has 0 saturated heterocycles. The minimum absolute atomic E-state index is 0.194. The Bertz CT molecular complexity index is 966. The Kier molecular flexibility index (Phi) is 5.51. The summed E-state index contributed by atoms with van der Waals surface area (Å²) in [6.45, 7) is 1.76. The first-order valence-electron chi connectivity index (χ1n) is 7.59. The summed E-state index contributed by atoms with van der Waals surface area (Å²) in [5, 5.41) is 23.8. The highest BCUT2D eigenvalue weighted by Gasteiger charge is 2.19. The summed E-state index contributed by atoms with van der Waals surface area (Å²) in [6, 6.07) is 15.8. The first-order chi connectivity index (χ1) is 12.6. The van der Waals surface area contributed by atoms with E-state index in [2.05, 4.69) is 20.8 Å². The molecule has 0 saturated carbocycles. The smallest absolute Gasteiger partial charge is 0.237 e. The van der Waals surface area contributed by atoms with Crippen molar-refractivity contribution < 1.29 is 4.79 Å². The molecule has 7 nitrogen and oxygen atoms in total. The number of rotatable bonds is 5. The second-order valence-corrected chi connectivity index (χ2v) is 7.04. The zero-order chi connectivity index (χ0) is 18.5. The van der Waals surface area contributed by atoms with Crippen LogP contribution in [0.15, 0.2) is 53.7 Å². The molecule has 1 heterocycles. The number of carbonyl (C=O) groups excluding carboxylic acids is 1.